The van der Waals surface area contributed by atoms with Gasteiger partial charge >= 0.3 is 0 Å². The Bertz CT molecular complexity index is 639. The predicted molar refractivity (Wildman–Crippen MR) is 67.6 cm³/mol. The standard InChI is InChI=1S/C14H8ClF3O2/c15-9-5-4-8(6-12(9)18)20-7-13(19)14-10(16)2-1-3-11(14)17/h1-6H,7H2. The van der Waals surface area contributed by atoms with E-state index in [4.69, 9.17) is 16.3 Å². The Morgan fingerprint density at radius 2 is 1.70 bits per heavy atom. The van der Waals surface area contributed by atoms with Crippen LogP contribution in [0.5, 0.6) is 5.75 Å². The number of halogens is 4. The van der Waals surface area contributed by atoms with Crippen LogP contribution in [0.25, 0.3) is 0 Å². The maximum absolute atomic E-state index is 13.3. The van der Waals surface area contributed by atoms with Gasteiger partial charge in [0.2, 0.25) is 5.78 Å². The van der Waals surface area contributed by atoms with Crippen LogP contribution in [0.2, 0.25) is 5.02 Å². The van der Waals surface area contributed by atoms with Crippen LogP contribution in [0.4, 0.5) is 13.2 Å². The first-order valence-corrected chi connectivity index (χ1v) is 5.92. The molecule has 0 atom stereocenters. The van der Waals surface area contributed by atoms with Gasteiger partial charge in [0.15, 0.2) is 6.61 Å². The molecule has 2 aromatic carbocycles. The lowest BCUT2D eigenvalue weighted by molar-refractivity contribution is 0.0912. The molecule has 0 fully saturated rings. The van der Waals surface area contributed by atoms with E-state index in [1.165, 1.54) is 12.1 Å². The molecular weight excluding hydrogens is 293 g/mol. The quantitative estimate of drug-likeness (QED) is 0.797. The molecule has 0 saturated heterocycles. The van der Waals surface area contributed by atoms with Crippen molar-refractivity contribution in [3.8, 4) is 5.75 Å². The minimum atomic E-state index is -0.971. The maximum Gasteiger partial charge on any atom is 0.206 e. The third-order valence-corrected chi connectivity index (χ3v) is 2.81. The summed E-state index contributed by atoms with van der Waals surface area (Å²) in [6.07, 6.45) is 0. The number of rotatable bonds is 4. The molecule has 0 radical (unpaired) electrons. The fourth-order valence-electron chi connectivity index (χ4n) is 1.55. The van der Waals surface area contributed by atoms with Crippen molar-refractivity contribution in [3.63, 3.8) is 0 Å². The van der Waals surface area contributed by atoms with Crippen LogP contribution < -0.4 is 4.74 Å². The second-order valence-electron chi connectivity index (χ2n) is 3.88. The molecule has 0 N–H and O–H groups in total. The highest BCUT2D eigenvalue weighted by atomic mass is 35.5. The Kier molecular flexibility index (Phi) is 4.29. The van der Waals surface area contributed by atoms with Gasteiger partial charge in [-0.2, -0.15) is 0 Å². The van der Waals surface area contributed by atoms with Gasteiger partial charge in [0.25, 0.3) is 0 Å². The average Bonchev–Trinajstić information content (AvgIpc) is 2.40. The lowest BCUT2D eigenvalue weighted by Gasteiger charge is -2.07. The Hall–Kier alpha value is -2.01. The molecule has 0 aliphatic heterocycles. The molecule has 0 saturated carbocycles. The first kappa shape index (κ1) is 14.4. The summed E-state index contributed by atoms with van der Waals surface area (Å²) < 4.78 is 44.8. The van der Waals surface area contributed by atoms with E-state index in [9.17, 15) is 18.0 Å². The normalized spacial score (nSPS) is 10.4. The third-order valence-electron chi connectivity index (χ3n) is 2.50. The Morgan fingerprint density at radius 3 is 2.30 bits per heavy atom. The number of benzene rings is 2. The molecule has 0 unspecified atom stereocenters. The molecule has 0 heterocycles. The van der Waals surface area contributed by atoms with Crippen LogP contribution in [-0.4, -0.2) is 12.4 Å². The zero-order valence-corrected chi connectivity index (χ0v) is 10.8. The van der Waals surface area contributed by atoms with E-state index in [2.05, 4.69) is 0 Å². The molecule has 0 aromatic heterocycles. The Morgan fingerprint density at radius 1 is 1.05 bits per heavy atom. The summed E-state index contributed by atoms with van der Waals surface area (Å²) in [6, 6.07) is 6.66. The summed E-state index contributed by atoms with van der Waals surface area (Å²) in [5.74, 6) is -3.50. The van der Waals surface area contributed by atoms with Crippen LogP contribution in [-0.2, 0) is 0 Å². The summed E-state index contributed by atoms with van der Waals surface area (Å²) in [5, 5.41) is -0.0937. The lowest BCUT2D eigenvalue weighted by Crippen LogP contribution is -2.15. The van der Waals surface area contributed by atoms with Gasteiger partial charge in [-0.1, -0.05) is 17.7 Å². The van der Waals surface area contributed by atoms with Crippen LogP contribution in [0.15, 0.2) is 36.4 Å². The van der Waals surface area contributed by atoms with Crippen molar-refractivity contribution in [2.75, 3.05) is 6.61 Å². The van der Waals surface area contributed by atoms with E-state index in [1.807, 2.05) is 0 Å². The molecule has 0 bridgehead atoms. The number of carbonyl (C=O) groups is 1. The lowest BCUT2D eigenvalue weighted by atomic mass is 10.1. The Labute approximate surface area is 117 Å². The molecule has 2 nitrogen and oxygen atoms in total. The van der Waals surface area contributed by atoms with Crippen molar-refractivity contribution in [3.05, 3.63) is 64.4 Å². The monoisotopic (exact) mass is 300 g/mol. The van der Waals surface area contributed by atoms with Crippen molar-refractivity contribution in [2.45, 2.75) is 0 Å². The summed E-state index contributed by atoms with van der Waals surface area (Å²) >= 11 is 5.48. The summed E-state index contributed by atoms with van der Waals surface area (Å²) in [7, 11) is 0. The number of Topliss-reactive ketones (excluding diaryl/α,β-unsaturated/α-hetero) is 1. The van der Waals surface area contributed by atoms with Crippen molar-refractivity contribution >= 4 is 17.4 Å². The zero-order chi connectivity index (χ0) is 14.7. The highest BCUT2D eigenvalue weighted by Gasteiger charge is 2.17. The topological polar surface area (TPSA) is 26.3 Å². The molecular formula is C14H8ClF3O2. The smallest absolute Gasteiger partial charge is 0.206 e. The van der Waals surface area contributed by atoms with Gasteiger partial charge in [0.05, 0.1) is 10.6 Å². The summed E-state index contributed by atoms with van der Waals surface area (Å²) in [4.78, 5) is 11.7. The van der Waals surface area contributed by atoms with Gasteiger partial charge in [0, 0.05) is 6.07 Å². The molecule has 104 valence electrons. The van der Waals surface area contributed by atoms with E-state index in [1.54, 1.807) is 0 Å². The van der Waals surface area contributed by atoms with Crippen LogP contribution in [0.3, 0.4) is 0 Å². The number of hydrogen-bond donors (Lipinski definition) is 0. The molecule has 0 aliphatic rings. The van der Waals surface area contributed by atoms with E-state index >= 15 is 0 Å². The van der Waals surface area contributed by atoms with Gasteiger partial charge in [-0.05, 0) is 24.3 Å². The highest BCUT2D eigenvalue weighted by Crippen LogP contribution is 2.21. The number of hydrogen-bond acceptors (Lipinski definition) is 2. The van der Waals surface area contributed by atoms with E-state index in [-0.39, 0.29) is 10.8 Å². The van der Waals surface area contributed by atoms with Crippen molar-refractivity contribution in [1.82, 2.24) is 0 Å². The number of ether oxygens (including phenoxy) is 1. The highest BCUT2D eigenvalue weighted by molar-refractivity contribution is 6.30. The minimum absolute atomic E-state index is 0.0389. The first-order valence-electron chi connectivity index (χ1n) is 5.54. The van der Waals surface area contributed by atoms with Gasteiger partial charge in [0.1, 0.15) is 23.2 Å². The van der Waals surface area contributed by atoms with E-state index in [0.29, 0.717) is 0 Å². The van der Waals surface area contributed by atoms with Crippen LogP contribution in [0.1, 0.15) is 10.4 Å². The summed E-state index contributed by atoms with van der Waals surface area (Å²) in [6.45, 7) is -0.612. The van der Waals surface area contributed by atoms with E-state index < -0.39 is 35.4 Å². The molecule has 0 spiro atoms. The average molecular weight is 301 g/mol. The fourth-order valence-corrected chi connectivity index (χ4v) is 1.67. The fraction of sp³-hybridized carbons (Fsp3) is 0.0714. The predicted octanol–water partition coefficient (Wildman–Crippen LogP) is 4.02. The number of carbonyl (C=O) groups excluding carboxylic acids is 1. The third kappa shape index (κ3) is 3.11. The molecule has 0 aliphatic carbocycles. The van der Waals surface area contributed by atoms with Crippen LogP contribution >= 0.6 is 11.6 Å². The maximum atomic E-state index is 13.3. The second-order valence-corrected chi connectivity index (χ2v) is 4.29. The largest absolute Gasteiger partial charge is 0.485 e. The van der Waals surface area contributed by atoms with Gasteiger partial charge in [-0.25, -0.2) is 13.2 Å². The molecule has 2 aromatic rings. The van der Waals surface area contributed by atoms with Crippen molar-refractivity contribution in [2.24, 2.45) is 0 Å². The second kappa shape index (κ2) is 5.96. The van der Waals surface area contributed by atoms with Crippen molar-refractivity contribution in [1.29, 1.82) is 0 Å². The number of ketones is 1. The SMILES string of the molecule is O=C(COc1ccc(Cl)c(F)c1)c1c(F)cccc1F. The molecule has 6 heteroatoms. The van der Waals surface area contributed by atoms with Gasteiger partial charge in [-0.15, -0.1) is 0 Å². The molecule has 2 rings (SSSR count). The minimum Gasteiger partial charge on any atom is -0.485 e. The van der Waals surface area contributed by atoms with E-state index in [0.717, 1.165) is 24.3 Å². The zero-order valence-electron chi connectivity index (χ0n) is 10.00. The molecule has 20 heavy (non-hydrogen) atoms. The summed E-state index contributed by atoms with van der Waals surface area (Å²) in [5.41, 5.74) is -0.679. The van der Waals surface area contributed by atoms with Crippen LogP contribution in [0, 0.1) is 17.5 Å². The van der Waals surface area contributed by atoms with Crippen molar-refractivity contribution < 1.29 is 22.7 Å². The first-order chi connectivity index (χ1) is 9.49. The Balaban J connectivity index is 2.11. The van der Waals surface area contributed by atoms with Gasteiger partial charge in [-0.3, -0.25) is 4.79 Å². The van der Waals surface area contributed by atoms with Gasteiger partial charge < -0.3 is 4.74 Å². The molecule has 0 amide bonds.